The molecule has 0 unspecified atom stereocenters. The lowest BCUT2D eigenvalue weighted by Crippen LogP contribution is -2.05. The van der Waals surface area contributed by atoms with E-state index in [0.29, 0.717) is 16.4 Å². The number of halogens is 1. The predicted molar refractivity (Wildman–Crippen MR) is 62.1 cm³/mol. The highest BCUT2D eigenvalue weighted by molar-refractivity contribution is 6.32. The van der Waals surface area contributed by atoms with Gasteiger partial charge in [-0.25, -0.2) is 14.5 Å². The summed E-state index contributed by atoms with van der Waals surface area (Å²) in [5.41, 5.74) is 6.71. The third kappa shape index (κ3) is 2.21. The van der Waals surface area contributed by atoms with Gasteiger partial charge in [0, 0.05) is 5.69 Å². The van der Waals surface area contributed by atoms with Crippen LogP contribution in [0.3, 0.4) is 0 Å². The largest absolute Gasteiger partial charge is 0.463 e. The number of esters is 1. The Bertz CT molecular complexity index is 567. The highest BCUT2D eigenvalue weighted by Gasteiger charge is 2.13. The standard InChI is InChI=1S/C10H9ClN4O2/c1-17-10(16)9-13-5-15(14-9)8-3-2-6(12)4-7(8)11/h2-5H,12H2,1H3. The molecule has 1 aromatic carbocycles. The summed E-state index contributed by atoms with van der Waals surface area (Å²) in [6.45, 7) is 0. The van der Waals surface area contributed by atoms with Gasteiger partial charge in [0.05, 0.1) is 17.8 Å². The second kappa shape index (κ2) is 4.42. The second-order valence-electron chi connectivity index (χ2n) is 3.22. The average Bonchev–Trinajstić information content (AvgIpc) is 2.77. The number of benzene rings is 1. The molecular weight excluding hydrogens is 244 g/mol. The van der Waals surface area contributed by atoms with E-state index in [0.717, 1.165) is 0 Å². The molecule has 88 valence electrons. The van der Waals surface area contributed by atoms with Crippen LogP contribution >= 0.6 is 11.6 Å². The number of anilines is 1. The van der Waals surface area contributed by atoms with Gasteiger partial charge in [-0.15, -0.1) is 5.10 Å². The Morgan fingerprint density at radius 3 is 2.94 bits per heavy atom. The number of hydrogen-bond acceptors (Lipinski definition) is 5. The van der Waals surface area contributed by atoms with E-state index in [-0.39, 0.29) is 5.82 Å². The molecule has 17 heavy (non-hydrogen) atoms. The van der Waals surface area contributed by atoms with Gasteiger partial charge >= 0.3 is 5.97 Å². The molecule has 1 aromatic heterocycles. The number of methoxy groups -OCH3 is 1. The average molecular weight is 253 g/mol. The number of ether oxygens (including phenoxy) is 1. The molecule has 6 nitrogen and oxygen atoms in total. The number of nitrogens with zero attached hydrogens (tertiary/aromatic N) is 3. The molecule has 2 aromatic rings. The van der Waals surface area contributed by atoms with Crippen molar-refractivity contribution in [1.29, 1.82) is 0 Å². The molecule has 0 bridgehead atoms. The maximum absolute atomic E-state index is 11.2. The van der Waals surface area contributed by atoms with Crippen LogP contribution in [0.4, 0.5) is 5.69 Å². The Morgan fingerprint density at radius 1 is 1.53 bits per heavy atom. The lowest BCUT2D eigenvalue weighted by atomic mass is 10.3. The topological polar surface area (TPSA) is 83.0 Å². The van der Waals surface area contributed by atoms with Gasteiger partial charge in [0.1, 0.15) is 6.33 Å². The number of hydrogen-bond donors (Lipinski definition) is 1. The van der Waals surface area contributed by atoms with Crippen molar-refractivity contribution in [2.75, 3.05) is 12.8 Å². The molecule has 0 spiro atoms. The lowest BCUT2D eigenvalue weighted by Gasteiger charge is -2.03. The van der Waals surface area contributed by atoms with Gasteiger partial charge in [-0.2, -0.15) is 0 Å². The fourth-order valence-corrected chi connectivity index (χ4v) is 1.55. The molecule has 2 rings (SSSR count). The summed E-state index contributed by atoms with van der Waals surface area (Å²) in [6.07, 6.45) is 1.38. The van der Waals surface area contributed by atoms with E-state index in [1.807, 2.05) is 0 Å². The summed E-state index contributed by atoms with van der Waals surface area (Å²) in [7, 11) is 1.26. The van der Waals surface area contributed by atoms with Crippen LogP contribution in [0.25, 0.3) is 5.69 Å². The van der Waals surface area contributed by atoms with Gasteiger partial charge in [-0.05, 0) is 18.2 Å². The van der Waals surface area contributed by atoms with Gasteiger partial charge in [0.25, 0.3) is 5.82 Å². The minimum atomic E-state index is -0.602. The van der Waals surface area contributed by atoms with E-state index in [1.54, 1.807) is 18.2 Å². The van der Waals surface area contributed by atoms with Crippen LogP contribution in [-0.2, 0) is 4.74 Å². The molecule has 7 heteroatoms. The van der Waals surface area contributed by atoms with Crippen molar-refractivity contribution in [3.8, 4) is 5.69 Å². The van der Waals surface area contributed by atoms with Crippen LogP contribution in [0.1, 0.15) is 10.6 Å². The zero-order valence-electron chi connectivity index (χ0n) is 8.92. The van der Waals surface area contributed by atoms with Crippen LogP contribution in [0, 0.1) is 0 Å². The minimum Gasteiger partial charge on any atom is -0.463 e. The normalized spacial score (nSPS) is 10.2. The van der Waals surface area contributed by atoms with E-state index < -0.39 is 5.97 Å². The molecule has 0 aliphatic carbocycles. The number of nitrogens with two attached hydrogens (primary N) is 1. The third-order valence-electron chi connectivity index (χ3n) is 2.08. The van der Waals surface area contributed by atoms with E-state index in [4.69, 9.17) is 17.3 Å². The molecule has 0 radical (unpaired) electrons. The summed E-state index contributed by atoms with van der Waals surface area (Å²) in [5, 5.41) is 4.37. The van der Waals surface area contributed by atoms with E-state index >= 15 is 0 Å². The van der Waals surface area contributed by atoms with Crippen molar-refractivity contribution in [2.24, 2.45) is 0 Å². The first-order chi connectivity index (χ1) is 8.11. The number of carbonyl (C=O) groups excluding carboxylic acids is 1. The van der Waals surface area contributed by atoms with Crippen molar-refractivity contribution in [3.63, 3.8) is 0 Å². The fraction of sp³-hybridized carbons (Fsp3) is 0.100. The lowest BCUT2D eigenvalue weighted by molar-refractivity contribution is 0.0587. The highest BCUT2D eigenvalue weighted by atomic mass is 35.5. The molecule has 0 saturated carbocycles. The number of aromatic nitrogens is 3. The Morgan fingerprint density at radius 2 is 2.29 bits per heavy atom. The summed E-state index contributed by atoms with van der Waals surface area (Å²) in [6, 6.07) is 4.96. The Hall–Kier alpha value is -2.08. The van der Waals surface area contributed by atoms with Crippen molar-refractivity contribution in [3.05, 3.63) is 35.4 Å². The first-order valence-corrected chi connectivity index (χ1v) is 5.05. The van der Waals surface area contributed by atoms with E-state index in [2.05, 4.69) is 14.8 Å². The molecule has 1 heterocycles. The number of nitrogen functional groups attached to an aromatic ring is 1. The summed E-state index contributed by atoms with van der Waals surface area (Å²) >= 11 is 6.00. The SMILES string of the molecule is COC(=O)c1ncn(-c2ccc(N)cc2Cl)n1. The minimum absolute atomic E-state index is 0.0274. The Kier molecular flexibility index (Phi) is 2.97. The van der Waals surface area contributed by atoms with Crippen molar-refractivity contribution < 1.29 is 9.53 Å². The van der Waals surface area contributed by atoms with Crippen LogP contribution in [0.15, 0.2) is 24.5 Å². The molecule has 0 aliphatic heterocycles. The second-order valence-corrected chi connectivity index (χ2v) is 3.62. The summed E-state index contributed by atoms with van der Waals surface area (Å²) < 4.78 is 5.89. The van der Waals surface area contributed by atoms with Crippen molar-refractivity contribution >= 4 is 23.3 Å². The zero-order valence-corrected chi connectivity index (χ0v) is 9.68. The summed E-state index contributed by atoms with van der Waals surface area (Å²) in [5.74, 6) is -0.629. The van der Waals surface area contributed by atoms with Crippen LogP contribution in [0.2, 0.25) is 5.02 Å². The van der Waals surface area contributed by atoms with Gasteiger partial charge < -0.3 is 10.5 Å². The monoisotopic (exact) mass is 252 g/mol. The van der Waals surface area contributed by atoms with Gasteiger partial charge in [0.2, 0.25) is 0 Å². The van der Waals surface area contributed by atoms with E-state index in [1.165, 1.54) is 18.1 Å². The highest BCUT2D eigenvalue weighted by Crippen LogP contribution is 2.22. The third-order valence-corrected chi connectivity index (χ3v) is 2.38. The zero-order chi connectivity index (χ0) is 12.4. The quantitative estimate of drug-likeness (QED) is 0.643. The van der Waals surface area contributed by atoms with Crippen molar-refractivity contribution in [2.45, 2.75) is 0 Å². The van der Waals surface area contributed by atoms with Crippen LogP contribution in [-0.4, -0.2) is 27.8 Å². The fourth-order valence-electron chi connectivity index (χ4n) is 1.27. The Balaban J connectivity index is 2.40. The molecule has 0 fully saturated rings. The van der Waals surface area contributed by atoms with Gasteiger partial charge in [-0.3, -0.25) is 0 Å². The maximum Gasteiger partial charge on any atom is 0.377 e. The maximum atomic E-state index is 11.2. The van der Waals surface area contributed by atoms with Crippen molar-refractivity contribution in [1.82, 2.24) is 14.8 Å². The van der Waals surface area contributed by atoms with Gasteiger partial charge in [0.15, 0.2) is 0 Å². The number of rotatable bonds is 2. The van der Waals surface area contributed by atoms with Crippen LogP contribution < -0.4 is 5.73 Å². The molecule has 0 saturated heterocycles. The summed E-state index contributed by atoms with van der Waals surface area (Å²) in [4.78, 5) is 15.0. The Labute approximate surface area is 102 Å². The molecule has 0 amide bonds. The molecule has 2 N–H and O–H groups in total. The van der Waals surface area contributed by atoms with Gasteiger partial charge in [-0.1, -0.05) is 11.6 Å². The van der Waals surface area contributed by atoms with E-state index in [9.17, 15) is 4.79 Å². The molecular formula is C10H9ClN4O2. The first kappa shape index (κ1) is 11.4. The molecule has 0 atom stereocenters. The number of carbonyl (C=O) groups is 1. The predicted octanol–water partition coefficient (Wildman–Crippen LogP) is 1.29. The van der Waals surface area contributed by atoms with Crippen LogP contribution in [0.5, 0.6) is 0 Å². The first-order valence-electron chi connectivity index (χ1n) is 4.67. The smallest absolute Gasteiger partial charge is 0.377 e. The molecule has 0 aliphatic rings.